The average Bonchev–Trinajstić information content (AvgIpc) is 2.67. The van der Waals surface area contributed by atoms with Crippen molar-refractivity contribution in [3.8, 4) is 11.5 Å². The van der Waals surface area contributed by atoms with E-state index in [0.29, 0.717) is 12.6 Å². The van der Waals surface area contributed by atoms with Crippen molar-refractivity contribution in [3.63, 3.8) is 0 Å². The molecule has 3 nitrogen and oxygen atoms in total. The van der Waals surface area contributed by atoms with E-state index in [2.05, 4.69) is 0 Å². The first kappa shape index (κ1) is 13.2. The van der Waals surface area contributed by atoms with Crippen LogP contribution in [-0.4, -0.2) is 13.2 Å². The quantitative estimate of drug-likeness (QED) is 0.833. The maximum atomic E-state index is 6.14. The van der Waals surface area contributed by atoms with E-state index < -0.39 is 0 Å². The Morgan fingerprint density at radius 2 is 1.89 bits per heavy atom. The van der Waals surface area contributed by atoms with Gasteiger partial charge in [-0.2, -0.15) is 0 Å². The molecule has 100 valence electrons. The number of rotatable bonds is 4. The van der Waals surface area contributed by atoms with Crippen LogP contribution in [0.15, 0.2) is 18.2 Å². The number of hydrogen-bond donors (Lipinski definition) is 1. The van der Waals surface area contributed by atoms with Gasteiger partial charge in [-0.3, -0.25) is 0 Å². The summed E-state index contributed by atoms with van der Waals surface area (Å²) in [4.78, 5) is 0. The zero-order chi connectivity index (χ0) is 12.8. The van der Waals surface area contributed by atoms with E-state index in [1.807, 2.05) is 18.2 Å². The maximum Gasteiger partial charge on any atom is 0.127 e. The Balaban J connectivity index is 2.10. The van der Waals surface area contributed by atoms with E-state index in [1.54, 1.807) is 7.11 Å². The SMILES string of the molecule is COc1ccc(CN)c(OC2CCCCCC2)c1. The normalized spacial score (nSPS) is 17.2. The van der Waals surface area contributed by atoms with Gasteiger partial charge in [-0.25, -0.2) is 0 Å². The molecule has 1 aliphatic carbocycles. The molecule has 0 bridgehead atoms. The predicted octanol–water partition coefficient (Wildman–Crippen LogP) is 3.26. The summed E-state index contributed by atoms with van der Waals surface area (Å²) < 4.78 is 11.4. The van der Waals surface area contributed by atoms with E-state index in [9.17, 15) is 0 Å². The van der Waals surface area contributed by atoms with Crippen molar-refractivity contribution in [1.82, 2.24) is 0 Å². The summed E-state index contributed by atoms with van der Waals surface area (Å²) in [7, 11) is 1.67. The lowest BCUT2D eigenvalue weighted by atomic mass is 10.1. The van der Waals surface area contributed by atoms with E-state index in [0.717, 1.165) is 29.9 Å². The molecule has 2 N–H and O–H groups in total. The number of ether oxygens (including phenoxy) is 2. The molecule has 0 saturated heterocycles. The van der Waals surface area contributed by atoms with Crippen LogP contribution >= 0.6 is 0 Å². The highest BCUT2D eigenvalue weighted by molar-refractivity contribution is 5.40. The second kappa shape index (κ2) is 6.64. The molecule has 0 unspecified atom stereocenters. The maximum absolute atomic E-state index is 6.14. The van der Waals surface area contributed by atoms with Crippen LogP contribution in [0.1, 0.15) is 44.1 Å². The summed E-state index contributed by atoms with van der Waals surface area (Å²) in [5.74, 6) is 1.72. The molecule has 18 heavy (non-hydrogen) atoms. The van der Waals surface area contributed by atoms with Crippen LogP contribution < -0.4 is 15.2 Å². The first-order chi connectivity index (χ1) is 8.83. The molecule has 0 aliphatic heterocycles. The lowest BCUT2D eigenvalue weighted by Gasteiger charge is -2.19. The molecule has 2 rings (SSSR count). The smallest absolute Gasteiger partial charge is 0.127 e. The first-order valence-electron chi connectivity index (χ1n) is 6.87. The van der Waals surface area contributed by atoms with Crippen molar-refractivity contribution in [1.29, 1.82) is 0 Å². The monoisotopic (exact) mass is 249 g/mol. The van der Waals surface area contributed by atoms with Crippen molar-refractivity contribution in [2.45, 2.75) is 51.2 Å². The highest BCUT2D eigenvalue weighted by Crippen LogP contribution is 2.28. The van der Waals surface area contributed by atoms with E-state index in [1.165, 1.54) is 25.7 Å². The molecule has 1 fully saturated rings. The number of benzene rings is 1. The van der Waals surface area contributed by atoms with Crippen LogP contribution in [0, 0.1) is 0 Å². The fraction of sp³-hybridized carbons (Fsp3) is 0.600. The van der Waals surface area contributed by atoms with Crippen LogP contribution in [0.25, 0.3) is 0 Å². The van der Waals surface area contributed by atoms with Gasteiger partial charge in [0, 0.05) is 18.2 Å². The van der Waals surface area contributed by atoms with Crippen molar-refractivity contribution >= 4 is 0 Å². The Morgan fingerprint density at radius 1 is 1.17 bits per heavy atom. The van der Waals surface area contributed by atoms with Crippen LogP contribution in [0.3, 0.4) is 0 Å². The largest absolute Gasteiger partial charge is 0.497 e. The second-order valence-corrected chi connectivity index (χ2v) is 4.91. The van der Waals surface area contributed by atoms with Gasteiger partial charge < -0.3 is 15.2 Å². The van der Waals surface area contributed by atoms with Crippen LogP contribution in [0.2, 0.25) is 0 Å². The second-order valence-electron chi connectivity index (χ2n) is 4.91. The lowest BCUT2D eigenvalue weighted by molar-refractivity contribution is 0.181. The molecule has 0 atom stereocenters. The van der Waals surface area contributed by atoms with Crippen LogP contribution in [0.5, 0.6) is 11.5 Å². The summed E-state index contributed by atoms with van der Waals surface area (Å²) in [6.45, 7) is 0.506. The third-order valence-corrected chi connectivity index (χ3v) is 3.59. The molecule has 1 saturated carbocycles. The molecule has 3 heteroatoms. The minimum atomic E-state index is 0.338. The zero-order valence-corrected chi connectivity index (χ0v) is 11.2. The van der Waals surface area contributed by atoms with Gasteiger partial charge >= 0.3 is 0 Å². The molecule has 1 aromatic carbocycles. The summed E-state index contributed by atoms with van der Waals surface area (Å²) in [5, 5.41) is 0. The standard InChI is InChI=1S/C15H23NO2/c1-17-14-9-8-12(11-16)15(10-14)18-13-6-4-2-3-5-7-13/h8-10,13H,2-7,11,16H2,1H3. The summed E-state index contributed by atoms with van der Waals surface area (Å²) in [6, 6.07) is 5.88. The van der Waals surface area contributed by atoms with Gasteiger partial charge in [-0.1, -0.05) is 18.9 Å². The minimum Gasteiger partial charge on any atom is -0.497 e. The zero-order valence-electron chi connectivity index (χ0n) is 11.2. The third kappa shape index (κ3) is 3.39. The van der Waals surface area contributed by atoms with Crippen LogP contribution in [0.4, 0.5) is 0 Å². The molecular formula is C15H23NO2. The lowest BCUT2D eigenvalue weighted by Crippen LogP contribution is -2.16. The van der Waals surface area contributed by atoms with Gasteiger partial charge in [0.25, 0.3) is 0 Å². The molecular weight excluding hydrogens is 226 g/mol. The number of methoxy groups -OCH3 is 1. The van der Waals surface area contributed by atoms with Crippen molar-refractivity contribution in [2.75, 3.05) is 7.11 Å². The van der Waals surface area contributed by atoms with E-state index >= 15 is 0 Å². The highest BCUT2D eigenvalue weighted by atomic mass is 16.5. The summed E-state index contributed by atoms with van der Waals surface area (Å²) in [6.07, 6.45) is 7.86. The van der Waals surface area contributed by atoms with Gasteiger partial charge in [0.05, 0.1) is 13.2 Å². The highest BCUT2D eigenvalue weighted by Gasteiger charge is 2.15. The van der Waals surface area contributed by atoms with Crippen molar-refractivity contribution in [2.24, 2.45) is 5.73 Å². The van der Waals surface area contributed by atoms with Gasteiger partial charge in [-0.15, -0.1) is 0 Å². The van der Waals surface area contributed by atoms with Gasteiger partial charge in [0.1, 0.15) is 11.5 Å². The van der Waals surface area contributed by atoms with E-state index in [-0.39, 0.29) is 0 Å². The molecule has 0 heterocycles. The van der Waals surface area contributed by atoms with Crippen LogP contribution in [-0.2, 0) is 6.54 Å². The Bertz CT molecular complexity index is 371. The molecule has 1 aliphatic rings. The predicted molar refractivity (Wildman–Crippen MR) is 73.0 cm³/mol. The fourth-order valence-electron chi connectivity index (χ4n) is 2.48. The molecule has 1 aromatic rings. The Labute approximate surface area is 109 Å². The molecule has 0 spiro atoms. The van der Waals surface area contributed by atoms with E-state index in [4.69, 9.17) is 15.2 Å². The minimum absolute atomic E-state index is 0.338. The Morgan fingerprint density at radius 3 is 2.50 bits per heavy atom. The number of nitrogens with two attached hydrogens (primary N) is 1. The molecule has 0 amide bonds. The number of hydrogen-bond acceptors (Lipinski definition) is 3. The molecule has 0 radical (unpaired) electrons. The Hall–Kier alpha value is -1.22. The topological polar surface area (TPSA) is 44.5 Å². The summed E-state index contributed by atoms with van der Waals surface area (Å²) in [5.41, 5.74) is 6.81. The Kier molecular flexibility index (Phi) is 4.88. The van der Waals surface area contributed by atoms with Gasteiger partial charge in [0.15, 0.2) is 0 Å². The fourth-order valence-corrected chi connectivity index (χ4v) is 2.48. The van der Waals surface area contributed by atoms with Gasteiger partial charge in [-0.05, 0) is 31.7 Å². The first-order valence-corrected chi connectivity index (χ1v) is 6.87. The van der Waals surface area contributed by atoms with Crippen molar-refractivity contribution in [3.05, 3.63) is 23.8 Å². The third-order valence-electron chi connectivity index (χ3n) is 3.59. The summed E-state index contributed by atoms with van der Waals surface area (Å²) >= 11 is 0. The van der Waals surface area contributed by atoms with Gasteiger partial charge in [0.2, 0.25) is 0 Å². The molecule has 0 aromatic heterocycles. The average molecular weight is 249 g/mol. The van der Waals surface area contributed by atoms with Crippen molar-refractivity contribution < 1.29 is 9.47 Å².